The third-order valence-electron chi connectivity index (χ3n) is 7.22. The molecule has 1 aromatic rings. The van der Waals surface area contributed by atoms with Crippen LogP contribution in [0.25, 0.3) is 0 Å². The van der Waals surface area contributed by atoms with Gasteiger partial charge in [0.1, 0.15) is 5.54 Å². The SMILES string of the molecule is COCC1(CN[C@@H]2CC2c2ccccc2)CCN(C2(C(=O)O)CCC2)CC1. The zero-order chi connectivity index (χ0) is 18.9. The van der Waals surface area contributed by atoms with E-state index in [1.165, 1.54) is 12.0 Å². The van der Waals surface area contributed by atoms with Crippen LogP contribution in [0, 0.1) is 5.41 Å². The largest absolute Gasteiger partial charge is 0.480 e. The van der Waals surface area contributed by atoms with Crippen molar-refractivity contribution in [1.29, 1.82) is 0 Å². The number of likely N-dealkylation sites (tertiary alicyclic amines) is 1. The summed E-state index contributed by atoms with van der Waals surface area (Å²) in [5, 5.41) is 13.5. The highest BCUT2D eigenvalue weighted by Gasteiger charge is 2.51. The Morgan fingerprint density at radius 3 is 2.48 bits per heavy atom. The van der Waals surface area contributed by atoms with Crippen molar-refractivity contribution in [1.82, 2.24) is 10.2 Å². The average molecular weight is 373 g/mol. The smallest absolute Gasteiger partial charge is 0.324 e. The van der Waals surface area contributed by atoms with Crippen LogP contribution in [0.4, 0.5) is 0 Å². The second-order valence-corrected chi connectivity index (χ2v) is 8.85. The maximum atomic E-state index is 11.8. The van der Waals surface area contributed by atoms with E-state index in [1.807, 2.05) is 0 Å². The van der Waals surface area contributed by atoms with Gasteiger partial charge in [-0.15, -0.1) is 0 Å². The van der Waals surface area contributed by atoms with E-state index in [0.717, 1.165) is 58.3 Å². The Hall–Kier alpha value is -1.43. The first kappa shape index (κ1) is 18.9. The molecule has 1 saturated heterocycles. The van der Waals surface area contributed by atoms with Crippen molar-refractivity contribution in [3.05, 3.63) is 35.9 Å². The molecule has 5 nitrogen and oxygen atoms in total. The van der Waals surface area contributed by atoms with Crippen molar-refractivity contribution in [2.24, 2.45) is 5.41 Å². The number of piperidine rings is 1. The van der Waals surface area contributed by atoms with Gasteiger partial charge in [0.15, 0.2) is 0 Å². The van der Waals surface area contributed by atoms with Gasteiger partial charge in [0.2, 0.25) is 0 Å². The molecule has 2 atom stereocenters. The van der Waals surface area contributed by atoms with Crippen LogP contribution in [0.2, 0.25) is 0 Å². The highest BCUT2D eigenvalue weighted by atomic mass is 16.5. The first-order valence-electron chi connectivity index (χ1n) is 10.3. The molecule has 5 heteroatoms. The number of aliphatic carboxylic acids is 1. The van der Waals surface area contributed by atoms with Gasteiger partial charge in [-0.2, -0.15) is 0 Å². The molecule has 3 aliphatic rings. The third kappa shape index (κ3) is 3.65. The van der Waals surface area contributed by atoms with Crippen molar-refractivity contribution in [3.63, 3.8) is 0 Å². The third-order valence-corrected chi connectivity index (χ3v) is 7.22. The van der Waals surface area contributed by atoms with Gasteiger partial charge in [0, 0.05) is 31.0 Å². The molecule has 3 fully saturated rings. The van der Waals surface area contributed by atoms with E-state index in [-0.39, 0.29) is 5.41 Å². The van der Waals surface area contributed by atoms with E-state index >= 15 is 0 Å². The summed E-state index contributed by atoms with van der Waals surface area (Å²) in [5.41, 5.74) is 0.971. The molecule has 0 amide bonds. The molecule has 1 aromatic carbocycles. The first-order chi connectivity index (χ1) is 13.1. The second kappa shape index (κ2) is 7.53. The van der Waals surface area contributed by atoms with Crippen molar-refractivity contribution in [3.8, 4) is 0 Å². The van der Waals surface area contributed by atoms with Gasteiger partial charge in [-0.05, 0) is 57.2 Å². The lowest BCUT2D eigenvalue weighted by atomic mass is 9.71. The Bertz CT molecular complexity index is 651. The lowest BCUT2D eigenvalue weighted by Crippen LogP contribution is -2.63. The summed E-state index contributed by atoms with van der Waals surface area (Å²) < 4.78 is 5.58. The number of carboxylic acids is 1. The molecule has 27 heavy (non-hydrogen) atoms. The van der Waals surface area contributed by atoms with Crippen LogP contribution >= 0.6 is 0 Å². The fourth-order valence-electron chi connectivity index (χ4n) is 5.10. The molecule has 2 aliphatic carbocycles. The second-order valence-electron chi connectivity index (χ2n) is 8.85. The van der Waals surface area contributed by atoms with Crippen LogP contribution in [0.15, 0.2) is 30.3 Å². The summed E-state index contributed by atoms with van der Waals surface area (Å²) in [6, 6.07) is 11.3. The first-order valence-corrected chi connectivity index (χ1v) is 10.3. The lowest BCUT2D eigenvalue weighted by molar-refractivity contribution is -0.161. The van der Waals surface area contributed by atoms with Crippen LogP contribution in [-0.4, -0.2) is 60.9 Å². The van der Waals surface area contributed by atoms with Gasteiger partial charge in [-0.3, -0.25) is 9.69 Å². The normalized spacial score (nSPS) is 29.1. The van der Waals surface area contributed by atoms with Gasteiger partial charge in [0.25, 0.3) is 0 Å². The quantitative estimate of drug-likeness (QED) is 0.735. The fourth-order valence-corrected chi connectivity index (χ4v) is 5.10. The van der Waals surface area contributed by atoms with Crippen LogP contribution in [0.3, 0.4) is 0 Å². The molecule has 1 aliphatic heterocycles. The molecule has 0 aromatic heterocycles. The van der Waals surface area contributed by atoms with Crippen LogP contribution in [-0.2, 0) is 9.53 Å². The molecular weight excluding hydrogens is 340 g/mol. The molecule has 0 radical (unpaired) electrons. The minimum absolute atomic E-state index is 0.124. The number of hydrogen-bond donors (Lipinski definition) is 2. The highest BCUT2D eigenvalue weighted by Crippen LogP contribution is 2.44. The Labute approximate surface area is 162 Å². The minimum Gasteiger partial charge on any atom is -0.480 e. The molecule has 4 rings (SSSR count). The maximum absolute atomic E-state index is 11.8. The van der Waals surface area contributed by atoms with E-state index in [1.54, 1.807) is 7.11 Å². The van der Waals surface area contributed by atoms with Crippen molar-refractivity contribution >= 4 is 5.97 Å². The number of nitrogens with one attached hydrogen (secondary N) is 1. The average Bonchev–Trinajstić information content (AvgIpc) is 3.41. The Kier molecular flexibility index (Phi) is 5.28. The van der Waals surface area contributed by atoms with Gasteiger partial charge >= 0.3 is 5.97 Å². The van der Waals surface area contributed by atoms with Gasteiger partial charge in [0.05, 0.1) is 6.61 Å². The monoisotopic (exact) mass is 372 g/mol. The maximum Gasteiger partial charge on any atom is 0.324 e. The number of benzene rings is 1. The summed E-state index contributed by atoms with van der Waals surface area (Å²) in [7, 11) is 1.78. The van der Waals surface area contributed by atoms with E-state index in [9.17, 15) is 9.90 Å². The number of rotatable bonds is 8. The molecule has 148 valence electrons. The van der Waals surface area contributed by atoms with Crippen molar-refractivity contribution in [2.45, 2.75) is 56.0 Å². The van der Waals surface area contributed by atoms with E-state index in [0.29, 0.717) is 12.0 Å². The van der Waals surface area contributed by atoms with Crippen LogP contribution in [0.5, 0.6) is 0 Å². The van der Waals surface area contributed by atoms with Crippen LogP contribution in [0.1, 0.15) is 50.0 Å². The topological polar surface area (TPSA) is 61.8 Å². The zero-order valence-electron chi connectivity index (χ0n) is 16.3. The highest BCUT2D eigenvalue weighted by molar-refractivity contribution is 5.80. The van der Waals surface area contributed by atoms with Gasteiger partial charge in [-0.25, -0.2) is 0 Å². The predicted octanol–water partition coefficient (Wildman–Crippen LogP) is 2.87. The molecule has 0 spiro atoms. The van der Waals surface area contributed by atoms with Crippen molar-refractivity contribution in [2.75, 3.05) is 33.4 Å². The Morgan fingerprint density at radius 1 is 1.22 bits per heavy atom. The standard InChI is InChI=1S/C22H32N2O3/c1-27-16-21(15-23-19-14-18(19)17-6-3-2-4-7-17)10-12-24(13-11-21)22(20(25)26)8-5-9-22/h2-4,6-7,18-19,23H,5,8-16H2,1H3,(H,25,26)/t18?,19-/m1/s1. The predicted molar refractivity (Wildman–Crippen MR) is 105 cm³/mol. The Morgan fingerprint density at radius 2 is 1.93 bits per heavy atom. The molecule has 2 N–H and O–H groups in total. The van der Waals surface area contributed by atoms with E-state index in [4.69, 9.17) is 4.74 Å². The summed E-state index contributed by atoms with van der Waals surface area (Å²) in [6.45, 7) is 3.44. The molecular formula is C22H32N2O3. The zero-order valence-corrected chi connectivity index (χ0v) is 16.3. The summed E-state index contributed by atoms with van der Waals surface area (Å²) in [5.74, 6) is 0.00550. The number of carbonyl (C=O) groups is 1. The van der Waals surface area contributed by atoms with Gasteiger partial charge < -0.3 is 15.2 Å². The van der Waals surface area contributed by atoms with Gasteiger partial charge in [-0.1, -0.05) is 30.3 Å². The van der Waals surface area contributed by atoms with Crippen molar-refractivity contribution < 1.29 is 14.6 Å². The number of methoxy groups -OCH3 is 1. The molecule has 1 unspecified atom stereocenters. The van der Waals surface area contributed by atoms with E-state index in [2.05, 4.69) is 40.5 Å². The number of ether oxygens (including phenoxy) is 1. The van der Waals surface area contributed by atoms with Crippen LogP contribution < -0.4 is 5.32 Å². The molecule has 1 heterocycles. The lowest BCUT2D eigenvalue weighted by Gasteiger charge is -2.52. The number of carboxylic acid groups (broad SMARTS) is 1. The number of nitrogens with zero attached hydrogens (tertiary/aromatic N) is 1. The molecule has 0 bridgehead atoms. The summed E-state index contributed by atoms with van der Waals surface area (Å²) in [6.07, 6.45) is 5.87. The minimum atomic E-state index is -0.630. The summed E-state index contributed by atoms with van der Waals surface area (Å²) >= 11 is 0. The summed E-state index contributed by atoms with van der Waals surface area (Å²) in [4.78, 5) is 14.0. The Balaban J connectivity index is 1.33. The fraction of sp³-hybridized carbons (Fsp3) is 0.682. The number of hydrogen-bond acceptors (Lipinski definition) is 4. The molecule has 2 saturated carbocycles. The van der Waals surface area contributed by atoms with E-state index < -0.39 is 11.5 Å².